The highest BCUT2D eigenvalue weighted by Gasteiger charge is 2.35. The Kier molecular flexibility index (Phi) is 5.03. The molecule has 0 atom stereocenters. The molecule has 0 spiro atoms. The Morgan fingerprint density at radius 3 is 2.44 bits per heavy atom. The van der Waals surface area contributed by atoms with E-state index in [1.807, 2.05) is 6.92 Å². The predicted octanol–water partition coefficient (Wildman–Crippen LogP) is 2.73. The number of methoxy groups -OCH3 is 1. The van der Waals surface area contributed by atoms with E-state index in [0.29, 0.717) is 29.8 Å². The van der Waals surface area contributed by atoms with Gasteiger partial charge >= 0.3 is 5.97 Å². The molecule has 3 amide bonds. The van der Waals surface area contributed by atoms with E-state index in [-0.39, 0.29) is 22.9 Å². The molecule has 1 aliphatic rings. The van der Waals surface area contributed by atoms with Crippen LogP contribution in [-0.2, 0) is 4.74 Å². The lowest BCUT2D eigenvalue weighted by molar-refractivity contribution is 0.0598. The zero-order chi connectivity index (χ0) is 19.6. The molecule has 7 nitrogen and oxygen atoms in total. The summed E-state index contributed by atoms with van der Waals surface area (Å²) in [7, 11) is 1.28. The quantitative estimate of drug-likeness (QED) is 0.649. The molecular formula is C20H18N2O5. The smallest absolute Gasteiger partial charge is 0.337 e. The lowest BCUT2D eigenvalue weighted by Crippen LogP contribution is -2.30. The first-order chi connectivity index (χ1) is 13.0. The highest BCUT2D eigenvalue weighted by Crippen LogP contribution is 2.24. The van der Waals surface area contributed by atoms with E-state index in [9.17, 15) is 19.2 Å². The number of ether oxygens (including phenoxy) is 1. The highest BCUT2D eigenvalue weighted by atomic mass is 16.5. The number of amides is 3. The average molecular weight is 366 g/mol. The fourth-order valence-electron chi connectivity index (χ4n) is 2.90. The molecule has 0 fully saturated rings. The van der Waals surface area contributed by atoms with Gasteiger partial charge in [0.1, 0.15) is 0 Å². The number of anilines is 1. The number of carbonyl (C=O) groups is 4. The van der Waals surface area contributed by atoms with Crippen molar-refractivity contribution in [2.45, 2.75) is 13.3 Å². The predicted molar refractivity (Wildman–Crippen MR) is 97.8 cm³/mol. The van der Waals surface area contributed by atoms with Crippen molar-refractivity contribution < 1.29 is 23.9 Å². The highest BCUT2D eigenvalue weighted by molar-refractivity contribution is 6.22. The molecule has 3 rings (SSSR count). The third-order valence-electron chi connectivity index (χ3n) is 4.22. The van der Waals surface area contributed by atoms with Crippen molar-refractivity contribution in [3.8, 4) is 0 Å². The molecule has 1 aliphatic heterocycles. The summed E-state index contributed by atoms with van der Waals surface area (Å²) >= 11 is 0. The summed E-state index contributed by atoms with van der Waals surface area (Å²) in [6.45, 7) is 2.22. The largest absolute Gasteiger partial charge is 0.465 e. The summed E-state index contributed by atoms with van der Waals surface area (Å²) < 4.78 is 4.66. The van der Waals surface area contributed by atoms with Gasteiger partial charge < -0.3 is 10.1 Å². The lowest BCUT2D eigenvalue weighted by atomic mass is 10.1. The number of rotatable bonds is 5. The van der Waals surface area contributed by atoms with E-state index in [1.165, 1.54) is 36.3 Å². The van der Waals surface area contributed by atoms with Crippen LogP contribution in [0.3, 0.4) is 0 Å². The maximum atomic E-state index is 12.5. The Hall–Kier alpha value is -3.48. The minimum atomic E-state index is -0.510. The van der Waals surface area contributed by atoms with E-state index >= 15 is 0 Å². The maximum Gasteiger partial charge on any atom is 0.337 e. The number of hydrogen-bond donors (Lipinski definition) is 1. The zero-order valence-corrected chi connectivity index (χ0v) is 14.9. The monoisotopic (exact) mass is 366 g/mol. The number of nitrogens with zero attached hydrogens (tertiary/aromatic N) is 1. The van der Waals surface area contributed by atoms with Gasteiger partial charge in [-0.1, -0.05) is 13.0 Å². The van der Waals surface area contributed by atoms with Gasteiger partial charge in [-0.15, -0.1) is 0 Å². The summed E-state index contributed by atoms with van der Waals surface area (Å²) in [6.07, 6.45) is 0.662. The van der Waals surface area contributed by atoms with Gasteiger partial charge in [-0.2, -0.15) is 0 Å². The number of nitrogens with one attached hydrogen (secondary N) is 1. The number of hydrogen-bond acceptors (Lipinski definition) is 5. The molecule has 0 radical (unpaired) electrons. The summed E-state index contributed by atoms with van der Waals surface area (Å²) in [5.74, 6) is -1.69. The molecule has 0 unspecified atom stereocenters. The van der Waals surface area contributed by atoms with Gasteiger partial charge in [0.05, 0.1) is 23.8 Å². The number of esters is 1. The normalized spacial score (nSPS) is 12.7. The molecule has 2 aromatic rings. The zero-order valence-electron chi connectivity index (χ0n) is 14.9. The number of carbonyl (C=O) groups excluding carboxylic acids is 4. The van der Waals surface area contributed by atoms with Gasteiger partial charge in [-0.05, 0) is 42.8 Å². The Morgan fingerprint density at radius 1 is 1.00 bits per heavy atom. The maximum absolute atomic E-state index is 12.5. The fourth-order valence-corrected chi connectivity index (χ4v) is 2.90. The standard InChI is InChI=1S/C20H18N2O5/c1-3-9-22-18(24)15-8-7-12(11-16(15)19(22)25)17(23)21-14-6-4-5-13(10-14)20(26)27-2/h4-8,10-11H,3,9H2,1-2H3,(H,21,23). The molecule has 7 heteroatoms. The van der Waals surface area contributed by atoms with Crippen molar-refractivity contribution in [3.05, 3.63) is 64.7 Å². The van der Waals surface area contributed by atoms with E-state index in [2.05, 4.69) is 10.1 Å². The van der Waals surface area contributed by atoms with Crippen molar-refractivity contribution >= 4 is 29.4 Å². The van der Waals surface area contributed by atoms with E-state index in [4.69, 9.17) is 0 Å². The molecule has 0 aliphatic carbocycles. The summed E-state index contributed by atoms with van der Waals surface area (Å²) in [6, 6.07) is 10.7. The third-order valence-corrected chi connectivity index (χ3v) is 4.22. The van der Waals surface area contributed by atoms with Crippen LogP contribution in [0.15, 0.2) is 42.5 Å². The van der Waals surface area contributed by atoms with E-state index in [1.54, 1.807) is 18.2 Å². The second-order valence-electron chi connectivity index (χ2n) is 6.05. The van der Waals surface area contributed by atoms with Crippen LogP contribution in [0, 0.1) is 0 Å². The fraction of sp³-hybridized carbons (Fsp3) is 0.200. The van der Waals surface area contributed by atoms with Crippen molar-refractivity contribution in [2.24, 2.45) is 0 Å². The van der Waals surface area contributed by atoms with E-state index < -0.39 is 11.9 Å². The van der Waals surface area contributed by atoms with Gasteiger partial charge in [0.25, 0.3) is 17.7 Å². The molecule has 0 bridgehead atoms. The van der Waals surface area contributed by atoms with Crippen molar-refractivity contribution in [2.75, 3.05) is 19.0 Å². The van der Waals surface area contributed by atoms with Crippen LogP contribution in [0.5, 0.6) is 0 Å². The second-order valence-corrected chi connectivity index (χ2v) is 6.05. The van der Waals surface area contributed by atoms with Gasteiger partial charge in [-0.3, -0.25) is 19.3 Å². The first-order valence-electron chi connectivity index (χ1n) is 8.46. The number of fused-ring (bicyclic) bond motifs is 1. The molecule has 2 aromatic carbocycles. The molecule has 138 valence electrons. The lowest BCUT2D eigenvalue weighted by Gasteiger charge is -2.11. The van der Waals surface area contributed by atoms with E-state index in [0.717, 1.165) is 0 Å². The van der Waals surface area contributed by atoms with Crippen LogP contribution >= 0.6 is 0 Å². The first kappa shape index (κ1) is 18.3. The topological polar surface area (TPSA) is 92.8 Å². The average Bonchev–Trinajstić information content (AvgIpc) is 2.92. The van der Waals surface area contributed by atoms with Gasteiger partial charge in [-0.25, -0.2) is 4.79 Å². The molecule has 1 heterocycles. The van der Waals surface area contributed by atoms with Gasteiger partial charge in [0, 0.05) is 17.8 Å². The Labute approximate surface area is 155 Å². The molecule has 0 saturated heterocycles. The van der Waals surface area contributed by atoms with Crippen LogP contribution in [0.4, 0.5) is 5.69 Å². The van der Waals surface area contributed by atoms with Crippen LogP contribution < -0.4 is 5.32 Å². The van der Waals surface area contributed by atoms with Gasteiger partial charge in [0.15, 0.2) is 0 Å². The Morgan fingerprint density at radius 2 is 1.74 bits per heavy atom. The summed E-state index contributed by atoms with van der Waals surface area (Å²) in [5.41, 5.74) is 1.50. The molecular weight excluding hydrogens is 348 g/mol. The van der Waals surface area contributed by atoms with Crippen molar-refractivity contribution in [1.82, 2.24) is 4.90 Å². The SMILES string of the molecule is CCCN1C(=O)c2ccc(C(=O)Nc3cccc(C(=O)OC)c3)cc2C1=O. The second kappa shape index (κ2) is 7.41. The Balaban J connectivity index is 1.83. The minimum absolute atomic E-state index is 0.226. The summed E-state index contributed by atoms with van der Waals surface area (Å²) in [4.78, 5) is 50.0. The summed E-state index contributed by atoms with van der Waals surface area (Å²) in [5, 5.41) is 2.67. The Bertz CT molecular complexity index is 951. The molecule has 0 saturated carbocycles. The molecule has 1 N–H and O–H groups in total. The van der Waals surface area contributed by atoms with Crippen LogP contribution in [0.1, 0.15) is 54.8 Å². The number of imide groups is 1. The van der Waals surface area contributed by atoms with Crippen LogP contribution in [0.25, 0.3) is 0 Å². The minimum Gasteiger partial charge on any atom is -0.465 e. The van der Waals surface area contributed by atoms with Gasteiger partial charge in [0.2, 0.25) is 0 Å². The van der Waals surface area contributed by atoms with Crippen molar-refractivity contribution in [1.29, 1.82) is 0 Å². The number of benzene rings is 2. The van der Waals surface area contributed by atoms with Crippen LogP contribution in [-0.4, -0.2) is 42.2 Å². The molecule has 27 heavy (non-hydrogen) atoms. The van der Waals surface area contributed by atoms with Crippen molar-refractivity contribution in [3.63, 3.8) is 0 Å². The first-order valence-corrected chi connectivity index (χ1v) is 8.46. The third kappa shape index (κ3) is 3.44. The van der Waals surface area contributed by atoms with Crippen LogP contribution in [0.2, 0.25) is 0 Å². The molecule has 0 aromatic heterocycles.